The molecule has 7 heteroatoms. The maximum Gasteiger partial charge on any atom is 0.191 e. The van der Waals surface area contributed by atoms with E-state index in [-0.39, 0.29) is 24.0 Å². The topological polar surface area (TPSA) is 62.5 Å². The molecule has 2 N–H and O–H groups in total. The molecule has 2 rings (SSSR count). The first-order valence-electron chi connectivity index (χ1n) is 6.65. The molecule has 0 aliphatic rings. The van der Waals surface area contributed by atoms with Crippen LogP contribution in [0.3, 0.4) is 0 Å². The fourth-order valence-corrected chi connectivity index (χ4v) is 2.59. The normalized spacial score (nSPS) is 11.1. The van der Waals surface area contributed by atoms with Crippen molar-refractivity contribution in [2.75, 3.05) is 7.05 Å². The van der Waals surface area contributed by atoms with Gasteiger partial charge in [0.25, 0.3) is 0 Å². The molecule has 0 amide bonds. The van der Waals surface area contributed by atoms with Crippen molar-refractivity contribution >= 4 is 41.3 Å². The third-order valence-corrected chi connectivity index (χ3v) is 4.03. The molecule has 0 unspecified atom stereocenters. The summed E-state index contributed by atoms with van der Waals surface area (Å²) >= 11 is 1.75. The van der Waals surface area contributed by atoms with E-state index in [1.165, 1.54) is 10.4 Å². The Hall–Kier alpha value is -1.09. The third-order valence-electron chi connectivity index (χ3n) is 3.01. The Labute approximate surface area is 146 Å². The summed E-state index contributed by atoms with van der Waals surface area (Å²) in [5.74, 6) is 1.57. The van der Waals surface area contributed by atoms with Crippen LogP contribution in [0, 0.1) is 6.92 Å². The fourth-order valence-electron chi connectivity index (χ4n) is 1.75. The summed E-state index contributed by atoms with van der Waals surface area (Å²) in [5, 5.41) is 12.6. The van der Waals surface area contributed by atoms with Gasteiger partial charge in [-0.3, -0.25) is 4.99 Å². The number of hydrogen-bond acceptors (Lipinski definition) is 4. The van der Waals surface area contributed by atoms with Gasteiger partial charge in [-0.2, -0.15) is 0 Å². The quantitative estimate of drug-likeness (QED) is 0.444. The third kappa shape index (κ3) is 5.31. The summed E-state index contributed by atoms with van der Waals surface area (Å²) in [6.07, 6.45) is 0.883. The minimum atomic E-state index is 0. The zero-order valence-corrected chi connectivity index (χ0v) is 15.6. The smallest absolute Gasteiger partial charge is 0.191 e. The monoisotopic (exact) mass is 420 g/mol. The maximum atomic E-state index is 5.23. The average molecular weight is 420 g/mol. The number of aryl methyl sites for hydroxylation is 2. The highest BCUT2D eigenvalue weighted by Crippen LogP contribution is 2.14. The molecule has 5 nitrogen and oxygen atoms in total. The number of nitrogens with one attached hydrogen (secondary N) is 2. The average Bonchev–Trinajstić information content (AvgIpc) is 3.08. The van der Waals surface area contributed by atoms with Crippen LogP contribution in [0.5, 0.6) is 0 Å². The molecule has 0 aromatic carbocycles. The largest absolute Gasteiger partial charge is 0.359 e. The van der Waals surface area contributed by atoms with Crippen molar-refractivity contribution in [2.45, 2.75) is 33.4 Å². The number of guanidine groups is 1. The van der Waals surface area contributed by atoms with E-state index < -0.39 is 0 Å². The lowest BCUT2D eigenvalue weighted by Gasteiger charge is -2.10. The second-order valence-electron chi connectivity index (χ2n) is 4.44. The van der Waals surface area contributed by atoms with Crippen molar-refractivity contribution in [3.05, 3.63) is 39.4 Å². The summed E-state index contributed by atoms with van der Waals surface area (Å²) in [6, 6.07) is 4.09. The summed E-state index contributed by atoms with van der Waals surface area (Å²) in [5.41, 5.74) is 2.28. The van der Waals surface area contributed by atoms with Crippen molar-refractivity contribution in [3.8, 4) is 0 Å². The van der Waals surface area contributed by atoms with Gasteiger partial charge in [-0.1, -0.05) is 12.1 Å². The molecular formula is C14H21IN4OS. The van der Waals surface area contributed by atoms with Gasteiger partial charge < -0.3 is 15.2 Å². The molecule has 0 aliphatic heterocycles. The van der Waals surface area contributed by atoms with Crippen LogP contribution in [0.1, 0.15) is 28.8 Å². The van der Waals surface area contributed by atoms with Crippen LogP contribution in [0.2, 0.25) is 0 Å². The number of aromatic nitrogens is 1. The Balaban J connectivity index is 0.00000220. The number of halogens is 1. The molecule has 0 radical (unpaired) electrons. The first-order chi connectivity index (χ1) is 9.72. The van der Waals surface area contributed by atoms with E-state index in [0.29, 0.717) is 6.54 Å². The molecule has 0 fully saturated rings. The number of aliphatic imine (C=N–C) groups is 1. The van der Waals surface area contributed by atoms with Crippen LogP contribution in [-0.2, 0) is 19.5 Å². The van der Waals surface area contributed by atoms with E-state index in [4.69, 9.17) is 4.52 Å². The Morgan fingerprint density at radius 3 is 2.71 bits per heavy atom. The molecule has 0 aliphatic carbocycles. The van der Waals surface area contributed by atoms with Crippen LogP contribution in [0.25, 0.3) is 0 Å². The SMILES string of the molecule is CCc1cc(CNC(=NC)NCc2sccc2C)on1.I. The number of rotatable bonds is 5. The molecule has 116 valence electrons. The molecule has 2 aromatic rings. The van der Waals surface area contributed by atoms with Crippen LogP contribution in [0.4, 0.5) is 0 Å². The Morgan fingerprint density at radius 1 is 1.38 bits per heavy atom. The lowest BCUT2D eigenvalue weighted by molar-refractivity contribution is 0.374. The second kappa shape index (κ2) is 9.04. The summed E-state index contributed by atoms with van der Waals surface area (Å²) < 4.78 is 5.23. The van der Waals surface area contributed by atoms with Crippen molar-refractivity contribution in [3.63, 3.8) is 0 Å². The van der Waals surface area contributed by atoms with Gasteiger partial charge in [0.2, 0.25) is 0 Å². The van der Waals surface area contributed by atoms with Crippen molar-refractivity contribution in [1.29, 1.82) is 0 Å². The lowest BCUT2D eigenvalue weighted by Crippen LogP contribution is -2.36. The van der Waals surface area contributed by atoms with Crippen LogP contribution in [-0.4, -0.2) is 18.2 Å². The summed E-state index contributed by atoms with van der Waals surface area (Å²) in [6.45, 7) is 5.53. The second-order valence-corrected chi connectivity index (χ2v) is 5.44. The van der Waals surface area contributed by atoms with E-state index in [0.717, 1.165) is 30.4 Å². The lowest BCUT2D eigenvalue weighted by atomic mass is 10.3. The van der Waals surface area contributed by atoms with Crippen molar-refractivity contribution < 1.29 is 4.52 Å². The highest BCUT2D eigenvalue weighted by Gasteiger charge is 2.05. The van der Waals surface area contributed by atoms with Gasteiger partial charge in [0.15, 0.2) is 11.7 Å². The Bertz CT molecular complexity index is 579. The summed E-state index contributed by atoms with van der Waals surface area (Å²) in [4.78, 5) is 5.52. The first-order valence-corrected chi connectivity index (χ1v) is 7.52. The molecule has 21 heavy (non-hydrogen) atoms. The molecule has 0 saturated carbocycles. The van der Waals surface area contributed by atoms with Gasteiger partial charge >= 0.3 is 0 Å². The van der Waals surface area contributed by atoms with Gasteiger partial charge in [-0.05, 0) is 30.4 Å². The van der Waals surface area contributed by atoms with Gasteiger partial charge in [-0.15, -0.1) is 35.3 Å². The van der Waals surface area contributed by atoms with Gasteiger partial charge in [0, 0.05) is 18.0 Å². The van der Waals surface area contributed by atoms with Gasteiger partial charge in [0.1, 0.15) is 0 Å². The predicted octanol–water partition coefficient (Wildman–Crippen LogP) is 3.09. The molecule has 0 bridgehead atoms. The molecule has 0 atom stereocenters. The number of nitrogens with zero attached hydrogens (tertiary/aromatic N) is 2. The first kappa shape index (κ1) is 18.0. The van der Waals surface area contributed by atoms with Crippen molar-refractivity contribution in [1.82, 2.24) is 15.8 Å². The van der Waals surface area contributed by atoms with Gasteiger partial charge in [-0.25, -0.2) is 0 Å². The van der Waals surface area contributed by atoms with Gasteiger partial charge in [0.05, 0.1) is 18.8 Å². The molecule has 0 saturated heterocycles. The zero-order chi connectivity index (χ0) is 14.4. The maximum absolute atomic E-state index is 5.23. The Kier molecular flexibility index (Phi) is 7.73. The van der Waals surface area contributed by atoms with E-state index in [1.54, 1.807) is 18.4 Å². The highest BCUT2D eigenvalue weighted by molar-refractivity contribution is 14.0. The van der Waals surface area contributed by atoms with Crippen molar-refractivity contribution in [2.24, 2.45) is 4.99 Å². The number of hydrogen-bond donors (Lipinski definition) is 2. The van der Waals surface area contributed by atoms with Crippen LogP contribution in [0.15, 0.2) is 27.0 Å². The fraction of sp³-hybridized carbons (Fsp3) is 0.429. The van der Waals surface area contributed by atoms with E-state index in [2.05, 4.69) is 46.1 Å². The minimum Gasteiger partial charge on any atom is -0.359 e. The zero-order valence-electron chi connectivity index (χ0n) is 12.5. The Morgan fingerprint density at radius 2 is 2.14 bits per heavy atom. The van der Waals surface area contributed by atoms with E-state index >= 15 is 0 Å². The minimum absolute atomic E-state index is 0. The summed E-state index contributed by atoms with van der Waals surface area (Å²) in [7, 11) is 1.76. The molecule has 2 heterocycles. The standard InChI is InChI=1S/C14H20N4OS.HI/c1-4-11-7-12(19-18-11)8-16-14(15-3)17-9-13-10(2)5-6-20-13;/h5-7H,4,8-9H2,1-3H3,(H2,15,16,17);1H. The predicted molar refractivity (Wildman–Crippen MR) is 97.4 cm³/mol. The van der Waals surface area contributed by atoms with Crippen LogP contribution >= 0.6 is 35.3 Å². The van der Waals surface area contributed by atoms with E-state index in [1.807, 2.05) is 6.07 Å². The molecule has 2 aromatic heterocycles. The van der Waals surface area contributed by atoms with E-state index in [9.17, 15) is 0 Å². The molecule has 0 spiro atoms. The van der Waals surface area contributed by atoms with Crippen LogP contribution < -0.4 is 10.6 Å². The molecular weight excluding hydrogens is 399 g/mol. The highest BCUT2D eigenvalue weighted by atomic mass is 127. The number of thiophene rings is 1.